The number of amides is 5. The number of rotatable bonds is 50. The maximum Gasteiger partial charge on any atom is 0.220 e. The Morgan fingerprint density at radius 3 is 0.588 bits per heavy atom. The van der Waals surface area contributed by atoms with Gasteiger partial charge >= 0.3 is 0 Å². The maximum atomic E-state index is 13.4. The van der Waals surface area contributed by atoms with Crippen molar-refractivity contribution in [2.45, 2.75) is 252 Å². The molecule has 0 fully saturated rings. The lowest BCUT2D eigenvalue weighted by atomic mass is 9.99. The summed E-state index contributed by atoms with van der Waals surface area (Å²) >= 11 is 8.74. The van der Waals surface area contributed by atoms with Crippen LogP contribution in [0, 0.1) is 0 Å². The van der Waals surface area contributed by atoms with E-state index in [-0.39, 0.29) is 29.5 Å². The highest BCUT2D eigenvalue weighted by atomic mass is 32.2. The second-order valence-electron chi connectivity index (χ2n) is 23.3. The first-order valence-corrected chi connectivity index (χ1v) is 38.4. The first kappa shape index (κ1) is 70.6. The Labute approximate surface area is 532 Å². The summed E-state index contributed by atoms with van der Waals surface area (Å²) in [6.07, 6.45) is 30.8. The van der Waals surface area contributed by atoms with Gasteiger partial charge in [0.25, 0.3) is 0 Å². The predicted octanol–water partition coefficient (Wildman–Crippen LogP) is 18.6. The van der Waals surface area contributed by atoms with Crippen LogP contribution in [0.5, 0.6) is 0 Å². The molecule has 0 saturated carbocycles. The highest BCUT2D eigenvalue weighted by Gasteiger charge is 2.29. The normalized spacial score (nSPS) is 11.8. The van der Waals surface area contributed by atoms with Crippen LogP contribution < -0.4 is 26.6 Å². The summed E-state index contributed by atoms with van der Waals surface area (Å²) < 4.78 is 0. The van der Waals surface area contributed by atoms with Crippen LogP contribution in [0.4, 0.5) is 0 Å². The van der Waals surface area contributed by atoms with Gasteiger partial charge in [-0.15, -0.1) is 58.8 Å². The lowest BCUT2D eigenvalue weighted by Crippen LogP contribution is -2.24. The number of unbranched alkanes of at least 4 members (excludes halogenated alkanes) is 20. The molecule has 0 saturated heterocycles. The first-order valence-electron chi connectivity index (χ1n) is 33.4. The molecule has 5 N–H and O–H groups in total. The van der Waals surface area contributed by atoms with Crippen molar-refractivity contribution in [1.82, 2.24) is 26.6 Å². The molecular formula is C70H105N5O5S5. The summed E-state index contributed by atoms with van der Waals surface area (Å²) in [5.41, 5.74) is 0. The van der Waals surface area contributed by atoms with Crippen molar-refractivity contribution >= 4 is 142 Å². The van der Waals surface area contributed by atoms with E-state index in [9.17, 15) is 24.0 Å². The van der Waals surface area contributed by atoms with Gasteiger partial charge in [-0.25, -0.2) is 0 Å². The molecule has 0 aliphatic carbocycles. The Morgan fingerprint density at radius 2 is 0.424 bits per heavy atom. The monoisotopic (exact) mass is 1260 g/mol. The molecule has 6 aromatic carbocycles. The van der Waals surface area contributed by atoms with Gasteiger partial charge in [0.1, 0.15) is 0 Å². The fourth-order valence-electron chi connectivity index (χ4n) is 11.4. The highest BCUT2D eigenvalue weighted by molar-refractivity contribution is 8.00. The number of carbonyl (C=O) groups is 5. The van der Waals surface area contributed by atoms with Crippen molar-refractivity contribution in [1.29, 1.82) is 0 Å². The zero-order valence-corrected chi connectivity index (χ0v) is 56.8. The van der Waals surface area contributed by atoms with E-state index in [1.807, 2.05) is 0 Å². The summed E-state index contributed by atoms with van der Waals surface area (Å²) in [7, 11) is 0. The van der Waals surface area contributed by atoms with E-state index in [0.29, 0.717) is 93.6 Å². The summed E-state index contributed by atoms with van der Waals surface area (Å²) in [6.45, 7) is 14.6. The van der Waals surface area contributed by atoms with E-state index in [1.54, 1.807) is 58.8 Å². The number of benzene rings is 5. The van der Waals surface area contributed by atoms with Gasteiger partial charge in [-0.1, -0.05) is 163 Å². The lowest BCUT2D eigenvalue weighted by molar-refractivity contribution is -0.121. The van der Waals surface area contributed by atoms with Crippen LogP contribution in [0.25, 0.3) is 53.9 Å². The topological polar surface area (TPSA) is 146 Å². The van der Waals surface area contributed by atoms with E-state index >= 15 is 0 Å². The lowest BCUT2D eigenvalue weighted by Gasteiger charge is -2.16. The minimum atomic E-state index is 0.0828. The quantitative estimate of drug-likeness (QED) is 0.0142. The van der Waals surface area contributed by atoms with Gasteiger partial charge in [-0.2, -0.15) is 0 Å². The SMILES string of the molecule is CCCCCCCNC(=O)CCSc1cc2c(SCCC(=O)NCCCCCCC)cc3c(SCCC(=O)NCCCCCCC)cc4c(SCCC(=O)NCCCCCCC)cc5c(SCCC(=O)NCCCCCCC)cc1c1c5c4c3c21. The van der Waals surface area contributed by atoms with Crippen molar-refractivity contribution in [3.8, 4) is 0 Å². The minimum Gasteiger partial charge on any atom is -0.356 e. The maximum absolute atomic E-state index is 13.4. The number of hydrogen-bond acceptors (Lipinski definition) is 10. The van der Waals surface area contributed by atoms with Crippen molar-refractivity contribution in [2.75, 3.05) is 61.5 Å². The molecule has 0 spiro atoms. The molecule has 15 heteroatoms. The summed E-state index contributed by atoms with van der Waals surface area (Å²) in [4.78, 5) is 72.6. The third-order valence-electron chi connectivity index (χ3n) is 16.2. The first-order chi connectivity index (χ1) is 41.6. The molecule has 0 aliphatic rings. The van der Waals surface area contributed by atoms with Gasteiger partial charge in [0.15, 0.2) is 0 Å². The largest absolute Gasteiger partial charge is 0.356 e. The Morgan fingerprint density at radius 1 is 0.259 bits per heavy atom. The number of nitrogens with one attached hydrogen (secondary N) is 5. The fraction of sp³-hybridized carbons (Fsp3) is 0.643. The third kappa shape index (κ3) is 23.1. The van der Waals surface area contributed by atoms with Crippen molar-refractivity contribution in [2.24, 2.45) is 0 Å². The second kappa shape index (κ2) is 40.9. The Hall–Kier alpha value is -3.50. The van der Waals surface area contributed by atoms with Gasteiger partial charge in [0.2, 0.25) is 29.5 Å². The molecule has 0 unspecified atom stereocenters. The summed E-state index contributed by atoms with van der Waals surface area (Å²) in [5, 5.41) is 27.9. The van der Waals surface area contributed by atoms with E-state index in [4.69, 9.17) is 0 Å². The Bertz CT molecular complexity index is 2440. The molecule has 0 bridgehead atoms. The molecule has 5 amide bonds. The highest BCUT2D eigenvalue weighted by Crippen LogP contribution is 2.57. The molecule has 470 valence electrons. The third-order valence-corrected chi connectivity index (χ3v) is 21.5. The second-order valence-corrected chi connectivity index (χ2v) is 29.0. The van der Waals surface area contributed by atoms with Gasteiger partial charge < -0.3 is 26.6 Å². The minimum absolute atomic E-state index is 0.0828. The summed E-state index contributed by atoms with van der Waals surface area (Å²) in [5.74, 6) is 3.55. The Balaban J connectivity index is 1.42. The van der Waals surface area contributed by atoms with Crippen molar-refractivity contribution in [3.05, 3.63) is 30.3 Å². The van der Waals surface area contributed by atoms with Crippen molar-refractivity contribution < 1.29 is 24.0 Å². The van der Waals surface area contributed by atoms with Gasteiger partial charge in [-0.3, -0.25) is 24.0 Å². The molecule has 0 atom stereocenters. The molecule has 10 nitrogen and oxygen atoms in total. The fourth-order valence-corrected chi connectivity index (χ4v) is 16.6. The molecule has 85 heavy (non-hydrogen) atoms. The van der Waals surface area contributed by atoms with E-state index < -0.39 is 0 Å². The zero-order chi connectivity index (χ0) is 60.4. The van der Waals surface area contributed by atoms with Crippen LogP contribution in [0.15, 0.2) is 54.8 Å². The van der Waals surface area contributed by atoms with Crippen LogP contribution in [-0.4, -0.2) is 91.0 Å². The Kier molecular flexibility index (Phi) is 34.0. The predicted molar refractivity (Wildman–Crippen MR) is 373 cm³/mol. The number of carbonyl (C=O) groups excluding carboxylic acids is 5. The smallest absolute Gasteiger partial charge is 0.220 e. The van der Waals surface area contributed by atoms with Crippen LogP contribution in [0.3, 0.4) is 0 Å². The van der Waals surface area contributed by atoms with Crippen molar-refractivity contribution in [3.63, 3.8) is 0 Å². The van der Waals surface area contributed by atoms with E-state index in [2.05, 4.69) is 91.5 Å². The van der Waals surface area contributed by atoms with E-state index in [1.165, 1.54) is 123 Å². The molecule has 6 rings (SSSR count). The van der Waals surface area contributed by atoms with Crippen LogP contribution >= 0.6 is 58.8 Å². The molecular weight excluding hydrogens is 1150 g/mol. The van der Waals surface area contributed by atoms with Gasteiger partial charge in [-0.05, 0) is 116 Å². The van der Waals surface area contributed by atoms with Gasteiger partial charge in [0, 0.05) is 118 Å². The molecule has 0 heterocycles. The van der Waals surface area contributed by atoms with E-state index in [0.717, 1.165) is 116 Å². The zero-order valence-electron chi connectivity index (χ0n) is 52.8. The molecule has 0 aromatic heterocycles. The number of thioether (sulfide) groups is 5. The molecule has 0 aliphatic heterocycles. The molecule has 6 aromatic rings. The average Bonchev–Trinajstić information content (AvgIpc) is 1.53. The summed E-state index contributed by atoms with van der Waals surface area (Å²) in [6, 6.07) is 11.8. The number of hydrogen-bond donors (Lipinski definition) is 5. The molecule has 0 radical (unpaired) electrons. The van der Waals surface area contributed by atoms with Crippen LogP contribution in [-0.2, 0) is 24.0 Å². The van der Waals surface area contributed by atoms with Gasteiger partial charge in [0.05, 0.1) is 0 Å². The average molecular weight is 1260 g/mol. The standard InChI is InChI=1S/C70H105N5O5S5/c1-6-11-16-21-26-36-71-61(76)31-41-81-56-46-52-58(83-43-33-63(78)73-38-28-23-18-13-8-3)48-54-60(85-45-35-65(80)75-40-30-25-20-15-10-5)50-55-59(84-44-34-64(79)74-39-29-24-19-14-9-4)49-53-57(47-51(56)66-67(52)69(54)70(55)68(53)66)82-42-32-62(77)72-37-27-22-17-12-7-2/h46-50H,6-45H2,1-5H3,(H,71,76)(H,72,77)(H,73,78)(H,74,79)(H,75,80). The van der Waals surface area contributed by atoms with Crippen LogP contribution in [0.1, 0.15) is 227 Å². The van der Waals surface area contributed by atoms with Crippen LogP contribution in [0.2, 0.25) is 0 Å².